The Morgan fingerprint density at radius 3 is 2.27 bits per heavy atom. The van der Waals surface area contributed by atoms with Crippen molar-refractivity contribution in [1.29, 1.82) is 0 Å². The molecule has 0 radical (unpaired) electrons. The van der Waals surface area contributed by atoms with E-state index in [1.165, 1.54) is 7.11 Å². The molecule has 0 unspecified atom stereocenters. The highest BCUT2D eigenvalue weighted by molar-refractivity contribution is 8.04. The van der Waals surface area contributed by atoms with Crippen LogP contribution in [0.15, 0.2) is 24.3 Å². The van der Waals surface area contributed by atoms with Crippen LogP contribution < -0.4 is 4.74 Å². The van der Waals surface area contributed by atoms with Gasteiger partial charge in [-0.1, -0.05) is 5.92 Å². The summed E-state index contributed by atoms with van der Waals surface area (Å²) in [5.41, 5.74) is -3.79. The Morgan fingerprint density at radius 2 is 1.80 bits per heavy atom. The van der Waals surface area contributed by atoms with Crippen molar-refractivity contribution in [3.63, 3.8) is 0 Å². The maximum Gasteiger partial charge on any atom is 0.453 e. The van der Waals surface area contributed by atoms with E-state index in [0.29, 0.717) is 11.3 Å². The average molecular weight is 232 g/mol. The summed E-state index contributed by atoms with van der Waals surface area (Å²) in [6.45, 7) is 0. The van der Waals surface area contributed by atoms with Gasteiger partial charge in [-0.25, -0.2) is 0 Å². The van der Waals surface area contributed by atoms with Gasteiger partial charge in [-0.3, -0.25) is 0 Å². The molecule has 1 rings (SSSR count). The molecule has 0 aliphatic heterocycles. The molecule has 0 saturated heterocycles. The lowest BCUT2D eigenvalue weighted by molar-refractivity contribution is -0.0318. The molecule has 15 heavy (non-hydrogen) atoms. The van der Waals surface area contributed by atoms with Gasteiger partial charge in [0, 0.05) is 17.3 Å². The molecule has 5 heteroatoms. The van der Waals surface area contributed by atoms with E-state index in [4.69, 9.17) is 4.74 Å². The zero-order valence-corrected chi connectivity index (χ0v) is 8.58. The second-order valence-electron chi connectivity index (χ2n) is 2.50. The molecule has 0 bridgehead atoms. The number of rotatable bonds is 1. The van der Waals surface area contributed by atoms with Crippen molar-refractivity contribution < 1.29 is 17.9 Å². The summed E-state index contributed by atoms with van der Waals surface area (Å²) in [7, 11) is 1.51. The number of alkyl halides is 3. The van der Waals surface area contributed by atoms with E-state index in [9.17, 15) is 13.2 Å². The third kappa shape index (κ3) is 4.66. The van der Waals surface area contributed by atoms with Gasteiger partial charge in [-0.15, -0.1) is 0 Å². The van der Waals surface area contributed by atoms with E-state index in [1.54, 1.807) is 24.3 Å². The van der Waals surface area contributed by atoms with Crippen LogP contribution in [0.1, 0.15) is 5.56 Å². The van der Waals surface area contributed by atoms with Crippen molar-refractivity contribution in [2.24, 2.45) is 0 Å². The molecule has 0 N–H and O–H groups in total. The largest absolute Gasteiger partial charge is 0.497 e. The molecule has 0 aliphatic carbocycles. The number of halogens is 3. The molecule has 80 valence electrons. The molecular weight excluding hydrogens is 225 g/mol. The third-order valence-electron chi connectivity index (χ3n) is 1.45. The molecule has 0 aliphatic rings. The first-order valence-electron chi connectivity index (χ1n) is 3.91. The van der Waals surface area contributed by atoms with Crippen LogP contribution in [-0.4, -0.2) is 12.6 Å². The molecule has 0 spiro atoms. The summed E-state index contributed by atoms with van der Waals surface area (Å²) in [5.74, 6) is 3.03. The Bertz CT molecular complexity index is 372. The van der Waals surface area contributed by atoms with E-state index >= 15 is 0 Å². The zero-order valence-electron chi connectivity index (χ0n) is 7.76. The van der Waals surface area contributed by atoms with Gasteiger partial charge in [0.1, 0.15) is 5.75 Å². The molecule has 0 fully saturated rings. The molecule has 0 atom stereocenters. The summed E-state index contributed by atoms with van der Waals surface area (Å²) in [5, 5.41) is 1.98. The summed E-state index contributed by atoms with van der Waals surface area (Å²) in [6, 6.07) is 6.48. The van der Waals surface area contributed by atoms with Gasteiger partial charge >= 0.3 is 5.51 Å². The van der Waals surface area contributed by atoms with Crippen molar-refractivity contribution in [2.75, 3.05) is 7.11 Å². The molecule has 1 aromatic rings. The van der Waals surface area contributed by atoms with Crippen molar-refractivity contribution >= 4 is 11.8 Å². The summed E-state index contributed by atoms with van der Waals surface area (Å²) >= 11 is -0.354. The predicted molar refractivity (Wildman–Crippen MR) is 53.5 cm³/mol. The van der Waals surface area contributed by atoms with Crippen molar-refractivity contribution in [3.8, 4) is 16.9 Å². The maximum atomic E-state index is 11.7. The number of hydrogen-bond donors (Lipinski definition) is 0. The second-order valence-corrected chi connectivity index (χ2v) is 3.37. The lowest BCUT2D eigenvalue weighted by Crippen LogP contribution is -1.96. The van der Waals surface area contributed by atoms with Crippen molar-refractivity contribution in [1.82, 2.24) is 0 Å². The van der Waals surface area contributed by atoms with Gasteiger partial charge in [-0.05, 0) is 29.5 Å². The Balaban J connectivity index is 2.64. The van der Waals surface area contributed by atoms with Gasteiger partial charge in [0.2, 0.25) is 0 Å². The lowest BCUT2D eigenvalue weighted by Gasteiger charge is -1.98. The molecule has 1 nitrogen and oxygen atoms in total. The quantitative estimate of drug-likeness (QED) is 0.687. The minimum Gasteiger partial charge on any atom is -0.497 e. The SMILES string of the molecule is COc1ccc(C#CSC(F)(F)F)cc1. The van der Waals surface area contributed by atoms with Crippen LogP contribution in [0.25, 0.3) is 0 Å². The Labute approximate surface area is 89.6 Å². The van der Waals surface area contributed by atoms with E-state index in [0.717, 1.165) is 0 Å². The molecule has 0 amide bonds. The molecular formula is C10H7F3OS. The summed E-state index contributed by atoms with van der Waals surface area (Å²) in [6.07, 6.45) is 0. The number of thioether (sulfide) groups is 1. The van der Waals surface area contributed by atoms with Crippen LogP contribution in [-0.2, 0) is 0 Å². The Hall–Kier alpha value is -1.28. The number of hydrogen-bond acceptors (Lipinski definition) is 2. The highest BCUT2D eigenvalue weighted by Gasteiger charge is 2.27. The Kier molecular flexibility index (Phi) is 3.92. The van der Waals surface area contributed by atoms with Gasteiger partial charge in [0.25, 0.3) is 0 Å². The van der Waals surface area contributed by atoms with Gasteiger partial charge < -0.3 is 4.74 Å². The lowest BCUT2D eigenvalue weighted by atomic mass is 10.2. The summed E-state index contributed by atoms with van der Waals surface area (Å²) in [4.78, 5) is 0. The fourth-order valence-electron chi connectivity index (χ4n) is 0.817. The van der Waals surface area contributed by atoms with Crippen LogP contribution in [0.5, 0.6) is 5.75 Å². The van der Waals surface area contributed by atoms with Crippen LogP contribution in [0.3, 0.4) is 0 Å². The van der Waals surface area contributed by atoms with Crippen molar-refractivity contribution in [2.45, 2.75) is 5.51 Å². The highest BCUT2D eigenvalue weighted by Crippen LogP contribution is 2.28. The first-order valence-corrected chi connectivity index (χ1v) is 4.73. The molecule has 0 heterocycles. The van der Waals surface area contributed by atoms with E-state index in [2.05, 4.69) is 5.92 Å². The van der Waals surface area contributed by atoms with E-state index in [-0.39, 0.29) is 11.8 Å². The summed E-state index contributed by atoms with van der Waals surface area (Å²) < 4.78 is 40.0. The first kappa shape index (κ1) is 11.8. The fraction of sp³-hybridized carbons (Fsp3) is 0.200. The van der Waals surface area contributed by atoms with E-state index in [1.807, 2.05) is 5.25 Å². The van der Waals surface area contributed by atoms with Gasteiger partial charge in [0.05, 0.1) is 7.11 Å². The van der Waals surface area contributed by atoms with Crippen LogP contribution in [0.4, 0.5) is 13.2 Å². The monoisotopic (exact) mass is 232 g/mol. The number of benzene rings is 1. The van der Waals surface area contributed by atoms with Crippen LogP contribution >= 0.6 is 11.8 Å². The minimum absolute atomic E-state index is 0.354. The molecule has 0 aromatic heterocycles. The third-order valence-corrected chi connectivity index (χ3v) is 1.89. The van der Waals surface area contributed by atoms with Crippen LogP contribution in [0.2, 0.25) is 0 Å². The standard InChI is InChI=1S/C10H7F3OS/c1-14-9-4-2-8(3-5-9)6-7-15-10(11,12)13/h2-5H,1H3. The highest BCUT2D eigenvalue weighted by atomic mass is 32.2. The Morgan fingerprint density at radius 1 is 1.20 bits per heavy atom. The predicted octanol–water partition coefficient (Wildman–Crippen LogP) is 3.26. The first-order chi connectivity index (χ1) is 7.01. The normalized spacial score (nSPS) is 10.4. The minimum atomic E-state index is -4.31. The number of ether oxygens (including phenoxy) is 1. The number of methoxy groups -OCH3 is 1. The van der Waals surface area contributed by atoms with E-state index < -0.39 is 5.51 Å². The topological polar surface area (TPSA) is 9.23 Å². The molecule has 1 aromatic carbocycles. The van der Waals surface area contributed by atoms with Gasteiger partial charge in [-0.2, -0.15) is 13.2 Å². The maximum absolute atomic E-state index is 11.7. The fourth-order valence-corrected chi connectivity index (χ4v) is 1.10. The zero-order chi connectivity index (χ0) is 11.3. The molecule has 0 saturated carbocycles. The van der Waals surface area contributed by atoms with Gasteiger partial charge in [0.15, 0.2) is 0 Å². The van der Waals surface area contributed by atoms with Crippen LogP contribution in [0, 0.1) is 11.2 Å². The average Bonchev–Trinajstić information content (AvgIpc) is 2.17. The smallest absolute Gasteiger partial charge is 0.453 e. The second kappa shape index (κ2) is 4.99. The van der Waals surface area contributed by atoms with Crippen molar-refractivity contribution in [3.05, 3.63) is 29.8 Å².